The van der Waals surface area contributed by atoms with Crippen LogP contribution in [0.4, 0.5) is 5.13 Å². The van der Waals surface area contributed by atoms with Crippen LogP contribution in [-0.4, -0.2) is 73.5 Å². The molecule has 1 saturated heterocycles. The van der Waals surface area contributed by atoms with Crippen molar-refractivity contribution in [2.24, 2.45) is 5.16 Å². The lowest BCUT2D eigenvalue weighted by atomic mass is 10.0. The fraction of sp³-hybridized carbons (Fsp3) is 0.227. The normalized spacial score (nSPS) is 19.4. The van der Waals surface area contributed by atoms with Crippen molar-refractivity contribution >= 4 is 63.5 Å². The van der Waals surface area contributed by atoms with Crippen LogP contribution in [0.25, 0.3) is 5.52 Å². The molecular weight excluding hydrogens is 522 g/mol. The number of oxime groups is 1. The summed E-state index contributed by atoms with van der Waals surface area (Å²) in [5.74, 6) is -2.13. The van der Waals surface area contributed by atoms with E-state index in [-0.39, 0.29) is 28.8 Å². The quantitative estimate of drug-likeness (QED) is 0.115. The summed E-state index contributed by atoms with van der Waals surface area (Å²) in [6.45, 7) is 0.232. The number of nitrogens with one attached hydrogen (secondary N) is 1. The first kappa shape index (κ1) is 24.5. The number of β-lactam (4-membered cyclic amide) rings is 1. The average Bonchev–Trinajstić information content (AvgIpc) is 3.50. The van der Waals surface area contributed by atoms with Crippen LogP contribution in [-0.2, 0) is 25.8 Å². The molecular formula is C22H20N7O6S2+. The van der Waals surface area contributed by atoms with Crippen molar-refractivity contribution < 1.29 is 33.7 Å². The van der Waals surface area contributed by atoms with Gasteiger partial charge in [0.05, 0.1) is 11.9 Å². The summed E-state index contributed by atoms with van der Waals surface area (Å²) >= 11 is 2.47. The standard InChI is InChI=1S/C22H19N7O6S2/c1-35-26-15(14-10-37-22(23)24-14)18(31)25-16-19(32)29-17(21(33)34)11(9-36-20(16)29)6-27-4-5-28-12(7-27)2-3-13(28)8-30/h2-5,7-8,10,16,20H,6,9H2,1H3,(H3-,23,24,25,31,33,34)/p+1/b26-15-/t16-,20-/m1/s1. The van der Waals surface area contributed by atoms with Crippen LogP contribution in [0.15, 0.2) is 52.5 Å². The number of amides is 2. The zero-order chi connectivity index (χ0) is 26.3. The molecule has 0 bridgehead atoms. The van der Waals surface area contributed by atoms with Gasteiger partial charge in [0.1, 0.15) is 35.4 Å². The summed E-state index contributed by atoms with van der Waals surface area (Å²) in [7, 11) is 1.27. The third kappa shape index (κ3) is 4.31. The largest absolute Gasteiger partial charge is 0.477 e. The van der Waals surface area contributed by atoms with E-state index >= 15 is 0 Å². The van der Waals surface area contributed by atoms with Crippen molar-refractivity contribution in [1.29, 1.82) is 0 Å². The van der Waals surface area contributed by atoms with Crippen molar-refractivity contribution in [3.8, 4) is 0 Å². The molecule has 2 aliphatic heterocycles. The van der Waals surface area contributed by atoms with Gasteiger partial charge in [0.25, 0.3) is 11.8 Å². The van der Waals surface area contributed by atoms with Crippen molar-refractivity contribution in [3.05, 3.63) is 58.8 Å². The van der Waals surface area contributed by atoms with Gasteiger partial charge in [0.15, 0.2) is 36.1 Å². The number of aldehydes is 1. The number of aromatic nitrogens is 3. The van der Waals surface area contributed by atoms with Crippen molar-refractivity contribution in [2.75, 3.05) is 18.6 Å². The number of carboxylic acid groups (broad SMARTS) is 1. The second-order valence-corrected chi connectivity index (χ2v) is 10.1. The Balaban J connectivity index is 1.36. The first-order valence-corrected chi connectivity index (χ1v) is 12.7. The predicted octanol–water partition coefficient (Wildman–Crippen LogP) is -0.133. The van der Waals surface area contributed by atoms with Gasteiger partial charge in [-0.1, -0.05) is 5.16 Å². The molecule has 3 aromatic heterocycles. The number of carbonyl (C=O) groups excluding carboxylic acids is 3. The van der Waals surface area contributed by atoms with Gasteiger partial charge in [-0.3, -0.25) is 19.3 Å². The van der Waals surface area contributed by atoms with Gasteiger partial charge in [-0.15, -0.1) is 23.1 Å². The molecule has 1 fully saturated rings. The Kier molecular flexibility index (Phi) is 6.39. The minimum atomic E-state index is -1.23. The maximum atomic E-state index is 13.0. The van der Waals surface area contributed by atoms with Crippen LogP contribution in [0.2, 0.25) is 0 Å². The molecule has 2 amide bonds. The molecule has 0 aliphatic carbocycles. The number of fused-ring (bicyclic) bond motifs is 2. The molecule has 0 saturated carbocycles. The molecule has 13 nitrogen and oxygen atoms in total. The first-order chi connectivity index (χ1) is 17.8. The van der Waals surface area contributed by atoms with Gasteiger partial charge in [-0.05, 0) is 12.1 Å². The molecule has 0 unspecified atom stereocenters. The summed E-state index contributed by atoms with van der Waals surface area (Å²) in [5, 5.41) is 17.5. The second kappa shape index (κ2) is 9.67. The fourth-order valence-corrected chi connectivity index (χ4v) is 6.13. The Bertz CT molecular complexity index is 1510. The van der Waals surface area contributed by atoms with E-state index < -0.39 is 29.2 Å². The molecule has 0 radical (unpaired) electrons. The number of carboxylic acids is 1. The summed E-state index contributed by atoms with van der Waals surface area (Å²) in [6, 6.07) is 2.53. The first-order valence-electron chi connectivity index (χ1n) is 10.8. The SMILES string of the molecule is CO/N=C(\C(=O)N[C@@H]1C(=O)N2C(C(=O)O)=C(C[n+]3ccn4c(C=O)ccc4c3)CS[C@H]12)c1csc(N)n1. The minimum Gasteiger partial charge on any atom is -0.477 e. The number of anilines is 1. The van der Waals surface area contributed by atoms with Gasteiger partial charge >= 0.3 is 5.97 Å². The van der Waals surface area contributed by atoms with E-state index in [0.717, 1.165) is 23.1 Å². The van der Waals surface area contributed by atoms with E-state index in [0.29, 0.717) is 17.0 Å². The van der Waals surface area contributed by atoms with Crippen LogP contribution in [0.3, 0.4) is 0 Å². The molecule has 0 spiro atoms. The average molecular weight is 543 g/mol. The highest BCUT2D eigenvalue weighted by atomic mass is 32.2. The van der Waals surface area contributed by atoms with Crippen LogP contribution in [0, 0.1) is 0 Å². The van der Waals surface area contributed by atoms with Crippen molar-refractivity contribution in [2.45, 2.75) is 18.0 Å². The smallest absolute Gasteiger partial charge is 0.352 e. The Labute approximate surface area is 217 Å². The van der Waals surface area contributed by atoms with Gasteiger partial charge in [-0.2, -0.15) is 4.57 Å². The van der Waals surface area contributed by atoms with E-state index in [1.807, 2.05) is 0 Å². The third-order valence-electron chi connectivity index (χ3n) is 5.88. The third-order valence-corrected chi connectivity index (χ3v) is 7.89. The highest BCUT2D eigenvalue weighted by molar-refractivity contribution is 8.00. The van der Waals surface area contributed by atoms with E-state index in [2.05, 4.69) is 15.5 Å². The monoisotopic (exact) mass is 542 g/mol. The number of nitrogens with zero attached hydrogens (tertiary/aromatic N) is 5. The van der Waals surface area contributed by atoms with Crippen LogP contribution >= 0.6 is 23.1 Å². The lowest BCUT2D eigenvalue weighted by molar-refractivity contribution is -0.688. The van der Waals surface area contributed by atoms with Crippen molar-refractivity contribution in [1.82, 2.24) is 19.6 Å². The van der Waals surface area contributed by atoms with Crippen LogP contribution in [0.1, 0.15) is 16.2 Å². The summed E-state index contributed by atoms with van der Waals surface area (Å²) < 4.78 is 3.51. The molecule has 37 heavy (non-hydrogen) atoms. The Morgan fingerprint density at radius 2 is 2.24 bits per heavy atom. The molecule has 2 atom stereocenters. The van der Waals surface area contributed by atoms with E-state index in [9.17, 15) is 24.3 Å². The molecule has 0 aromatic carbocycles. The van der Waals surface area contributed by atoms with Gasteiger partial charge < -0.3 is 25.4 Å². The highest BCUT2D eigenvalue weighted by Gasteiger charge is 2.54. The summed E-state index contributed by atoms with van der Waals surface area (Å²) in [5.41, 5.74) is 7.41. The zero-order valence-electron chi connectivity index (χ0n) is 19.2. The molecule has 15 heteroatoms. The van der Waals surface area contributed by atoms with Crippen LogP contribution < -0.4 is 15.6 Å². The number of thioether (sulfide) groups is 1. The summed E-state index contributed by atoms with van der Waals surface area (Å²) in [6.07, 6.45) is 5.99. The number of hydrogen-bond acceptors (Lipinski definition) is 10. The number of aliphatic carboxylic acids is 1. The molecule has 4 N–H and O–H groups in total. The van der Waals surface area contributed by atoms with Crippen molar-refractivity contribution in [3.63, 3.8) is 0 Å². The molecule has 2 aliphatic rings. The number of nitrogen functional groups attached to an aromatic ring is 1. The molecule has 190 valence electrons. The Morgan fingerprint density at radius 3 is 2.92 bits per heavy atom. The Hall–Kier alpha value is -4.24. The zero-order valence-corrected chi connectivity index (χ0v) is 20.9. The van der Waals surface area contributed by atoms with Gasteiger partial charge in [-0.25, -0.2) is 9.78 Å². The van der Waals surface area contributed by atoms with E-state index in [1.54, 1.807) is 39.7 Å². The minimum absolute atomic E-state index is 0.103. The van der Waals surface area contributed by atoms with Crippen LogP contribution in [0.5, 0.6) is 0 Å². The van der Waals surface area contributed by atoms with Gasteiger partial charge in [0.2, 0.25) is 0 Å². The lowest BCUT2D eigenvalue weighted by Crippen LogP contribution is -2.71. The Morgan fingerprint density at radius 1 is 1.43 bits per heavy atom. The number of nitrogens with two attached hydrogens (primary N) is 1. The predicted molar refractivity (Wildman–Crippen MR) is 133 cm³/mol. The second-order valence-electron chi connectivity index (χ2n) is 8.08. The maximum absolute atomic E-state index is 13.0. The topological polar surface area (TPSA) is 173 Å². The molecule has 3 aromatic rings. The lowest BCUT2D eigenvalue weighted by Gasteiger charge is -2.49. The number of thiazole rings is 1. The van der Waals surface area contributed by atoms with Gasteiger partial charge in [0, 0.05) is 16.7 Å². The summed E-state index contributed by atoms with van der Waals surface area (Å²) in [4.78, 5) is 59.3. The fourth-order valence-electron chi connectivity index (χ4n) is 4.24. The highest BCUT2D eigenvalue weighted by Crippen LogP contribution is 2.40. The van der Waals surface area contributed by atoms with E-state index in [4.69, 9.17) is 10.6 Å². The van der Waals surface area contributed by atoms with E-state index in [1.165, 1.54) is 29.2 Å². The number of hydrogen-bond donors (Lipinski definition) is 3. The maximum Gasteiger partial charge on any atom is 0.352 e. The molecule has 5 rings (SSSR count). The number of rotatable bonds is 8. The number of carbonyl (C=O) groups is 4. The molecule has 5 heterocycles.